The van der Waals surface area contributed by atoms with Gasteiger partial charge in [0.1, 0.15) is 18.5 Å². The monoisotopic (exact) mass is 570 g/mol. The van der Waals surface area contributed by atoms with Crippen LogP contribution in [-0.4, -0.2) is 77.8 Å². The Bertz CT molecular complexity index is 1100. The Labute approximate surface area is 243 Å². The maximum absolute atomic E-state index is 13.9. The van der Waals surface area contributed by atoms with Crippen molar-refractivity contribution < 1.29 is 34.1 Å². The highest BCUT2D eigenvalue weighted by Crippen LogP contribution is 2.51. The van der Waals surface area contributed by atoms with E-state index >= 15 is 0 Å². The van der Waals surface area contributed by atoms with E-state index in [2.05, 4.69) is 12.2 Å². The highest BCUT2D eigenvalue weighted by molar-refractivity contribution is 5.96. The summed E-state index contributed by atoms with van der Waals surface area (Å²) in [5.41, 5.74) is 1.31. The number of nitrogens with one attached hydrogen (secondary N) is 1. The van der Waals surface area contributed by atoms with Crippen molar-refractivity contribution in [3.63, 3.8) is 0 Å². The Hall–Kier alpha value is -2.91. The first kappa shape index (κ1) is 31.0. The number of ether oxygens (including phenoxy) is 2. The molecule has 2 amide bonds. The first-order valence-electron chi connectivity index (χ1n) is 15.4. The SMILES string of the molecule is CCCCCCCC(=O)N(C1CCCCCC1)C1C=C(C(=O)NCCO)C2c3cc(C=O)cc(OC)c3OC2C1O. The number of nitrogens with zero attached hydrogens (tertiary/aromatic N) is 1. The van der Waals surface area contributed by atoms with Gasteiger partial charge in [-0.3, -0.25) is 14.4 Å². The fourth-order valence-corrected chi connectivity index (χ4v) is 6.69. The molecule has 1 aromatic rings. The standard InChI is InChI=1S/C32H46N2O7/c1-3-4-5-6-11-14-27(37)34(22-12-9-7-8-10-13-22)25-19-24(32(39)33-15-16-35)28-23-17-21(20-36)18-26(40-2)30(23)41-31(28)29(25)38/h17-20,22,25,28-29,31,35,38H,3-16H2,1-2H3,(H,33,39). The second-order valence-electron chi connectivity index (χ2n) is 11.5. The van der Waals surface area contributed by atoms with Crippen molar-refractivity contribution in [2.45, 2.75) is 114 Å². The van der Waals surface area contributed by atoms with E-state index in [9.17, 15) is 24.6 Å². The molecule has 226 valence electrons. The van der Waals surface area contributed by atoms with Crippen LogP contribution in [0.1, 0.15) is 106 Å². The number of methoxy groups -OCH3 is 1. The normalized spacial score (nSPS) is 23.9. The molecule has 1 heterocycles. The predicted octanol–water partition coefficient (Wildman–Crippen LogP) is 4.04. The Morgan fingerprint density at radius 3 is 2.51 bits per heavy atom. The lowest BCUT2D eigenvalue weighted by atomic mass is 9.76. The smallest absolute Gasteiger partial charge is 0.247 e. The van der Waals surface area contributed by atoms with E-state index in [1.165, 1.54) is 7.11 Å². The van der Waals surface area contributed by atoms with Crippen LogP contribution in [0.5, 0.6) is 11.5 Å². The highest BCUT2D eigenvalue weighted by Gasteiger charge is 2.52. The van der Waals surface area contributed by atoms with Gasteiger partial charge in [-0.2, -0.15) is 0 Å². The number of benzene rings is 1. The summed E-state index contributed by atoms with van der Waals surface area (Å²) >= 11 is 0. The van der Waals surface area contributed by atoms with Crippen LogP contribution in [0, 0.1) is 0 Å². The molecule has 3 aliphatic rings. The summed E-state index contributed by atoms with van der Waals surface area (Å²) < 4.78 is 11.8. The lowest BCUT2D eigenvalue weighted by molar-refractivity contribution is -0.141. The maximum atomic E-state index is 13.9. The Morgan fingerprint density at radius 1 is 1.12 bits per heavy atom. The van der Waals surface area contributed by atoms with E-state index in [0.29, 0.717) is 40.9 Å². The molecule has 9 nitrogen and oxygen atoms in total. The Kier molecular flexibility index (Phi) is 11.2. The van der Waals surface area contributed by atoms with Gasteiger partial charge in [-0.25, -0.2) is 0 Å². The van der Waals surface area contributed by atoms with Gasteiger partial charge in [0.05, 0.1) is 25.7 Å². The molecular weight excluding hydrogens is 524 g/mol. The molecule has 0 bridgehead atoms. The van der Waals surface area contributed by atoms with Gasteiger partial charge >= 0.3 is 0 Å². The number of amides is 2. The lowest BCUT2D eigenvalue weighted by Gasteiger charge is -2.44. The average molecular weight is 571 g/mol. The fraction of sp³-hybridized carbons (Fsp3) is 0.656. The molecule has 4 rings (SSSR count). The first-order valence-corrected chi connectivity index (χ1v) is 15.4. The van der Waals surface area contributed by atoms with Crippen LogP contribution < -0.4 is 14.8 Å². The van der Waals surface area contributed by atoms with Crippen LogP contribution in [0.25, 0.3) is 0 Å². The topological polar surface area (TPSA) is 125 Å². The summed E-state index contributed by atoms with van der Waals surface area (Å²) in [5, 5.41) is 24.0. The third-order valence-electron chi connectivity index (χ3n) is 8.73. The number of carbonyl (C=O) groups excluding carboxylic acids is 3. The van der Waals surface area contributed by atoms with Crippen LogP contribution in [0.4, 0.5) is 0 Å². The van der Waals surface area contributed by atoms with Crippen molar-refractivity contribution in [3.05, 3.63) is 34.9 Å². The average Bonchev–Trinajstić information content (AvgIpc) is 3.17. The number of fused-ring (bicyclic) bond motifs is 3. The van der Waals surface area contributed by atoms with Gasteiger partial charge in [0.15, 0.2) is 11.5 Å². The second-order valence-corrected chi connectivity index (χ2v) is 11.5. The van der Waals surface area contributed by atoms with Crippen LogP contribution in [0.3, 0.4) is 0 Å². The number of carbonyl (C=O) groups is 3. The molecule has 3 N–H and O–H groups in total. The molecule has 0 aromatic heterocycles. The fourth-order valence-electron chi connectivity index (χ4n) is 6.69. The minimum absolute atomic E-state index is 0.00130. The number of aliphatic hydroxyl groups is 2. The zero-order valence-corrected chi connectivity index (χ0v) is 24.5. The van der Waals surface area contributed by atoms with Gasteiger partial charge in [-0.1, -0.05) is 58.3 Å². The zero-order chi connectivity index (χ0) is 29.4. The number of hydrogen-bond donors (Lipinski definition) is 3. The molecule has 41 heavy (non-hydrogen) atoms. The third-order valence-corrected chi connectivity index (χ3v) is 8.73. The van der Waals surface area contributed by atoms with Crippen molar-refractivity contribution in [2.75, 3.05) is 20.3 Å². The van der Waals surface area contributed by atoms with Crippen molar-refractivity contribution in [1.29, 1.82) is 0 Å². The highest BCUT2D eigenvalue weighted by atomic mass is 16.5. The summed E-state index contributed by atoms with van der Waals surface area (Å²) in [7, 11) is 1.48. The first-order chi connectivity index (χ1) is 19.9. The third kappa shape index (κ3) is 6.95. The molecule has 0 saturated heterocycles. The van der Waals surface area contributed by atoms with Gasteiger partial charge in [0.2, 0.25) is 11.8 Å². The van der Waals surface area contributed by atoms with Crippen LogP contribution in [0.15, 0.2) is 23.8 Å². The molecule has 2 aliphatic carbocycles. The van der Waals surface area contributed by atoms with Crippen molar-refractivity contribution in [2.24, 2.45) is 0 Å². The molecule has 1 aromatic carbocycles. The van der Waals surface area contributed by atoms with Crippen molar-refractivity contribution >= 4 is 18.1 Å². The zero-order valence-electron chi connectivity index (χ0n) is 24.5. The minimum atomic E-state index is -1.10. The molecular formula is C32H46N2O7. The number of aldehydes is 1. The molecule has 1 saturated carbocycles. The molecule has 0 radical (unpaired) electrons. The van der Waals surface area contributed by atoms with Gasteiger partial charge < -0.3 is 29.9 Å². The Morgan fingerprint density at radius 2 is 1.85 bits per heavy atom. The van der Waals surface area contributed by atoms with Crippen molar-refractivity contribution in [1.82, 2.24) is 10.2 Å². The second kappa shape index (κ2) is 14.8. The number of unbranched alkanes of at least 4 members (excludes halogenated alkanes) is 4. The minimum Gasteiger partial charge on any atom is -0.493 e. The number of hydrogen-bond acceptors (Lipinski definition) is 7. The quantitative estimate of drug-likeness (QED) is 0.186. The molecule has 0 spiro atoms. The van der Waals surface area contributed by atoms with Crippen LogP contribution >= 0.6 is 0 Å². The van der Waals surface area contributed by atoms with Crippen LogP contribution in [-0.2, 0) is 9.59 Å². The van der Waals surface area contributed by atoms with Gasteiger partial charge in [0, 0.05) is 35.7 Å². The summed E-state index contributed by atoms with van der Waals surface area (Å²) in [4.78, 5) is 41.0. The van der Waals surface area contributed by atoms with E-state index in [1.54, 1.807) is 18.2 Å². The van der Waals surface area contributed by atoms with Crippen molar-refractivity contribution in [3.8, 4) is 11.5 Å². The van der Waals surface area contributed by atoms with E-state index in [4.69, 9.17) is 9.47 Å². The van der Waals surface area contributed by atoms with Crippen LogP contribution in [0.2, 0.25) is 0 Å². The van der Waals surface area contributed by atoms with E-state index in [0.717, 1.165) is 70.6 Å². The van der Waals surface area contributed by atoms with Gasteiger partial charge in [0.25, 0.3) is 0 Å². The molecule has 1 fully saturated rings. The molecule has 4 unspecified atom stereocenters. The Balaban J connectivity index is 1.74. The summed E-state index contributed by atoms with van der Waals surface area (Å²) in [6, 6.07) is 2.46. The number of rotatable bonds is 13. The molecule has 4 atom stereocenters. The molecule has 1 aliphatic heterocycles. The molecule has 9 heteroatoms. The summed E-state index contributed by atoms with van der Waals surface area (Å²) in [5.74, 6) is -0.327. The van der Waals surface area contributed by atoms with E-state index in [1.807, 2.05) is 4.90 Å². The van der Waals surface area contributed by atoms with Gasteiger partial charge in [-0.05, 0) is 37.5 Å². The summed E-state index contributed by atoms with van der Waals surface area (Å²) in [6.07, 6.45) is 12.0. The van der Waals surface area contributed by atoms with Gasteiger partial charge in [-0.15, -0.1) is 0 Å². The van der Waals surface area contributed by atoms with E-state index in [-0.39, 0.29) is 25.1 Å². The predicted molar refractivity (Wildman–Crippen MR) is 155 cm³/mol. The maximum Gasteiger partial charge on any atom is 0.247 e. The van der Waals surface area contributed by atoms with E-state index < -0.39 is 30.1 Å². The largest absolute Gasteiger partial charge is 0.493 e. The lowest BCUT2D eigenvalue weighted by Crippen LogP contribution is -2.58. The number of aliphatic hydroxyl groups excluding tert-OH is 2. The summed E-state index contributed by atoms with van der Waals surface area (Å²) in [6.45, 7) is 2.01.